The van der Waals surface area contributed by atoms with Gasteiger partial charge in [0.1, 0.15) is 11.5 Å². The summed E-state index contributed by atoms with van der Waals surface area (Å²) in [6.07, 6.45) is 0.720. The molecule has 0 radical (unpaired) electrons. The van der Waals surface area contributed by atoms with Crippen molar-refractivity contribution in [2.45, 2.75) is 32.4 Å². The van der Waals surface area contributed by atoms with Crippen LogP contribution >= 0.6 is 11.6 Å². The molecule has 1 N–H and O–H groups in total. The first kappa shape index (κ1) is 23.8. The molecule has 0 saturated carbocycles. The van der Waals surface area contributed by atoms with Gasteiger partial charge in [-0.25, -0.2) is 0 Å². The van der Waals surface area contributed by atoms with Gasteiger partial charge in [0.15, 0.2) is 0 Å². The maximum atomic E-state index is 13.0. The zero-order valence-corrected chi connectivity index (χ0v) is 19.6. The number of carbonyl (C=O) groups is 2. The van der Waals surface area contributed by atoms with Crippen molar-refractivity contribution < 1.29 is 19.4 Å². The summed E-state index contributed by atoms with van der Waals surface area (Å²) >= 11 is 6.05. The van der Waals surface area contributed by atoms with Crippen LogP contribution in [0.2, 0.25) is 5.02 Å². The van der Waals surface area contributed by atoms with Crippen LogP contribution < -0.4 is 4.74 Å². The third-order valence-corrected chi connectivity index (χ3v) is 5.48. The van der Waals surface area contributed by atoms with Crippen LogP contribution in [0, 0.1) is 0 Å². The normalized spacial score (nSPS) is 18.1. The lowest BCUT2D eigenvalue weighted by Gasteiger charge is -2.26. The Hall–Kier alpha value is -2.83. The lowest BCUT2D eigenvalue weighted by atomic mass is 9.95. The molecule has 0 bridgehead atoms. The van der Waals surface area contributed by atoms with Crippen molar-refractivity contribution in [2.24, 2.45) is 0 Å². The largest absolute Gasteiger partial charge is 0.507 e. The summed E-state index contributed by atoms with van der Waals surface area (Å²) in [7, 11) is 3.91. The topological polar surface area (TPSA) is 70.1 Å². The summed E-state index contributed by atoms with van der Waals surface area (Å²) < 4.78 is 5.65. The zero-order valence-electron chi connectivity index (χ0n) is 18.8. The van der Waals surface area contributed by atoms with Crippen molar-refractivity contribution in [3.05, 3.63) is 70.3 Å². The number of ether oxygens (including phenoxy) is 1. The lowest BCUT2D eigenvalue weighted by Crippen LogP contribution is -2.32. The number of benzene rings is 2. The van der Waals surface area contributed by atoms with Crippen LogP contribution in [0.15, 0.2) is 54.1 Å². The van der Waals surface area contributed by atoms with Crippen molar-refractivity contribution in [2.75, 3.05) is 27.2 Å². The molecule has 1 heterocycles. The number of aliphatic hydroxyl groups excluding tert-OH is 1. The number of nitrogens with zero attached hydrogens (tertiary/aromatic N) is 2. The fourth-order valence-corrected chi connectivity index (χ4v) is 3.90. The van der Waals surface area contributed by atoms with E-state index in [9.17, 15) is 14.7 Å². The number of carbonyl (C=O) groups excluding carboxylic acids is 2. The van der Waals surface area contributed by atoms with E-state index in [1.54, 1.807) is 48.5 Å². The SMILES string of the molecule is CC(C)Oc1ccc(C(O)=C2C(=O)C(=O)N(CCCN(C)C)[C@H]2c2ccc(Cl)cc2)cc1. The van der Waals surface area contributed by atoms with Crippen molar-refractivity contribution in [3.63, 3.8) is 0 Å². The maximum absolute atomic E-state index is 13.0. The molecule has 6 nitrogen and oxygen atoms in total. The van der Waals surface area contributed by atoms with Gasteiger partial charge in [0.25, 0.3) is 11.7 Å². The molecule has 7 heteroatoms. The number of rotatable bonds is 8. The molecule has 2 aromatic rings. The second-order valence-electron chi connectivity index (χ2n) is 8.39. The molecule has 3 rings (SSSR count). The molecular formula is C25H29ClN2O4. The van der Waals surface area contributed by atoms with Gasteiger partial charge in [0.05, 0.1) is 17.7 Å². The second kappa shape index (κ2) is 10.2. The van der Waals surface area contributed by atoms with E-state index in [4.69, 9.17) is 16.3 Å². The Balaban J connectivity index is 2.03. The predicted molar refractivity (Wildman–Crippen MR) is 126 cm³/mol. The number of hydrogen-bond acceptors (Lipinski definition) is 5. The third-order valence-electron chi connectivity index (χ3n) is 5.23. The number of hydrogen-bond donors (Lipinski definition) is 1. The van der Waals surface area contributed by atoms with Crippen molar-refractivity contribution in [3.8, 4) is 5.75 Å². The molecule has 1 atom stereocenters. The highest BCUT2D eigenvalue weighted by atomic mass is 35.5. The first-order valence-electron chi connectivity index (χ1n) is 10.6. The summed E-state index contributed by atoms with van der Waals surface area (Å²) in [5, 5.41) is 11.7. The highest BCUT2D eigenvalue weighted by Gasteiger charge is 2.45. The Bertz CT molecular complexity index is 998. The van der Waals surface area contributed by atoms with E-state index >= 15 is 0 Å². The molecule has 1 fully saturated rings. The highest BCUT2D eigenvalue weighted by Crippen LogP contribution is 2.39. The molecule has 1 amide bonds. The number of halogens is 1. The fourth-order valence-electron chi connectivity index (χ4n) is 3.78. The van der Waals surface area contributed by atoms with E-state index in [2.05, 4.69) is 0 Å². The van der Waals surface area contributed by atoms with Gasteiger partial charge in [0, 0.05) is 17.1 Å². The number of ketones is 1. The van der Waals surface area contributed by atoms with Crippen molar-refractivity contribution in [1.82, 2.24) is 9.80 Å². The monoisotopic (exact) mass is 456 g/mol. The number of likely N-dealkylation sites (tertiary alicyclic amines) is 1. The van der Waals surface area contributed by atoms with Crippen LogP contribution in [-0.4, -0.2) is 59.9 Å². The smallest absolute Gasteiger partial charge is 0.295 e. The third kappa shape index (κ3) is 5.31. The van der Waals surface area contributed by atoms with Crippen LogP contribution in [0.25, 0.3) is 5.76 Å². The summed E-state index contributed by atoms with van der Waals surface area (Å²) in [6, 6.07) is 13.2. The second-order valence-corrected chi connectivity index (χ2v) is 8.83. The van der Waals surface area contributed by atoms with Gasteiger partial charge >= 0.3 is 0 Å². The Morgan fingerprint density at radius 3 is 2.28 bits per heavy atom. The van der Waals surface area contributed by atoms with Crippen LogP contribution in [0.4, 0.5) is 0 Å². The maximum Gasteiger partial charge on any atom is 0.295 e. The van der Waals surface area contributed by atoms with E-state index in [0.29, 0.717) is 29.3 Å². The molecular weight excluding hydrogens is 428 g/mol. The predicted octanol–water partition coefficient (Wildman–Crippen LogP) is 4.50. The van der Waals surface area contributed by atoms with Gasteiger partial charge in [-0.2, -0.15) is 0 Å². The van der Waals surface area contributed by atoms with Gasteiger partial charge in [-0.3, -0.25) is 9.59 Å². The standard InChI is InChI=1S/C25H29ClN2O4/c1-16(2)32-20-12-8-18(9-13-20)23(29)21-22(17-6-10-19(26)11-7-17)28(25(31)24(21)30)15-5-14-27(3)4/h6-13,16,22,29H,5,14-15H2,1-4H3/t22-/m0/s1. The minimum absolute atomic E-state index is 0.0202. The van der Waals surface area contributed by atoms with E-state index in [1.165, 1.54) is 4.90 Å². The van der Waals surface area contributed by atoms with Gasteiger partial charge < -0.3 is 19.6 Å². The Morgan fingerprint density at radius 1 is 1.09 bits per heavy atom. The molecule has 0 aliphatic carbocycles. The molecule has 2 aromatic carbocycles. The van der Waals surface area contributed by atoms with Crippen LogP contribution in [-0.2, 0) is 9.59 Å². The summed E-state index contributed by atoms with van der Waals surface area (Å²) in [6.45, 7) is 5.02. The Kier molecular flexibility index (Phi) is 7.59. The number of amides is 1. The summed E-state index contributed by atoms with van der Waals surface area (Å²) in [5.74, 6) is -0.829. The van der Waals surface area contributed by atoms with Gasteiger partial charge in [-0.1, -0.05) is 23.7 Å². The lowest BCUT2D eigenvalue weighted by molar-refractivity contribution is -0.139. The number of aliphatic hydroxyl groups is 1. The quantitative estimate of drug-likeness (QED) is 0.360. The molecule has 0 spiro atoms. The first-order valence-corrected chi connectivity index (χ1v) is 11.0. The van der Waals surface area contributed by atoms with Crippen molar-refractivity contribution >= 4 is 29.1 Å². The van der Waals surface area contributed by atoms with E-state index in [0.717, 1.165) is 12.1 Å². The molecule has 32 heavy (non-hydrogen) atoms. The Labute approximate surface area is 194 Å². The fraction of sp³-hybridized carbons (Fsp3) is 0.360. The summed E-state index contributed by atoms with van der Waals surface area (Å²) in [4.78, 5) is 29.5. The van der Waals surface area contributed by atoms with Crippen LogP contribution in [0.1, 0.15) is 37.4 Å². The van der Waals surface area contributed by atoms with E-state index in [-0.39, 0.29) is 17.4 Å². The average molecular weight is 457 g/mol. The minimum atomic E-state index is -0.685. The number of Topliss-reactive ketones (excluding diaryl/α,β-unsaturated/α-hetero) is 1. The minimum Gasteiger partial charge on any atom is -0.507 e. The molecule has 1 aliphatic rings. The first-order chi connectivity index (χ1) is 15.2. The molecule has 1 saturated heterocycles. The molecule has 0 unspecified atom stereocenters. The van der Waals surface area contributed by atoms with Crippen LogP contribution in [0.5, 0.6) is 5.75 Å². The summed E-state index contributed by atoms with van der Waals surface area (Å²) in [5.41, 5.74) is 1.26. The van der Waals surface area contributed by atoms with Gasteiger partial charge in [0.2, 0.25) is 0 Å². The molecule has 1 aliphatic heterocycles. The molecule has 170 valence electrons. The zero-order chi connectivity index (χ0) is 23.4. The van der Waals surface area contributed by atoms with E-state index in [1.807, 2.05) is 32.8 Å². The highest BCUT2D eigenvalue weighted by molar-refractivity contribution is 6.46. The molecule has 0 aromatic heterocycles. The van der Waals surface area contributed by atoms with Crippen LogP contribution in [0.3, 0.4) is 0 Å². The average Bonchev–Trinajstić information content (AvgIpc) is 2.99. The van der Waals surface area contributed by atoms with E-state index < -0.39 is 17.7 Å². The van der Waals surface area contributed by atoms with Gasteiger partial charge in [-0.05, 0) is 82.9 Å². The van der Waals surface area contributed by atoms with Gasteiger partial charge in [-0.15, -0.1) is 0 Å². The van der Waals surface area contributed by atoms with Crippen molar-refractivity contribution in [1.29, 1.82) is 0 Å². The Morgan fingerprint density at radius 2 is 1.72 bits per heavy atom.